The third-order valence-corrected chi connectivity index (χ3v) is 3.06. The van der Waals surface area contributed by atoms with Gasteiger partial charge in [0.2, 0.25) is 0 Å². The first-order valence-electron chi connectivity index (χ1n) is 5.91. The molecule has 0 radical (unpaired) electrons. The van der Waals surface area contributed by atoms with Crippen LogP contribution in [-0.4, -0.2) is 15.8 Å². The molecule has 0 saturated carbocycles. The summed E-state index contributed by atoms with van der Waals surface area (Å²) in [5.41, 5.74) is 3.13. The first-order chi connectivity index (χ1) is 9.28. The molecule has 0 fully saturated rings. The van der Waals surface area contributed by atoms with E-state index in [2.05, 4.69) is 4.98 Å². The molecule has 3 rings (SSSR count). The van der Waals surface area contributed by atoms with E-state index >= 15 is 0 Å². The van der Waals surface area contributed by atoms with Gasteiger partial charge in [-0.15, -0.1) is 0 Å². The molecule has 0 saturated heterocycles. The highest BCUT2D eigenvalue weighted by molar-refractivity contribution is 5.94. The summed E-state index contributed by atoms with van der Waals surface area (Å²) in [4.78, 5) is 15.2. The van der Waals surface area contributed by atoms with Crippen molar-refractivity contribution < 1.29 is 9.18 Å². The van der Waals surface area contributed by atoms with Gasteiger partial charge in [0, 0.05) is 18.9 Å². The zero-order valence-corrected chi connectivity index (χ0v) is 10.1. The summed E-state index contributed by atoms with van der Waals surface area (Å²) in [6.07, 6.45) is 4.24. The lowest BCUT2D eigenvalue weighted by Crippen LogP contribution is -1.97. The zero-order valence-electron chi connectivity index (χ0n) is 10.1. The van der Waals surface area contributed by atoms with Crippen LogP contribution >= 0.6 is 0 Å². The fourth-order valence-corrected chi connectivity index (χ4v) is 2.15. The molecule has 0 spiro atoms. The SMILES string of the molecule is O=Cc1cn(Cc2ccc(F)cc2)c2cccnc12. The highest BCUT2D eigenvalue weighted by Crippen LogP contribution is 2.19. The Morgan fingerprint density at radius 1 is 1.21 bits per heavy atom. The van der Waals surface area contributed by atoms with E-state index in [1.807, 2.05) is 16.7 Å². The molecule has 3 aromatic rings. The van der Waals surface area contributed by atoms with Crippen molar-refractivity contribution in [3.05, 3.63) is 65.7 Å². The van der Waals surface area contributed by atoms with E-state index in [4.69, 9.17) is 0 Å². The summed E-state index contributed by atoms with van der Waals surface area (Å²) in [7, 11) is 0. The van der Waals surface area contributed by atoms with Crippen molar-refractivity contribution in [3.8, 4) is 0 Å². The Labute approximate surface area is 109 Å². The third-order valence-electron chi connectivity index (χ3n) is 3.06. The smallest absolute Gasteiger partial charge is 0.153 e. The minimum atomic E-state index is -0.253. The fourth-order valence-electron chi connectivity index (χ4n) is 2.15. The zero-order chi connectivity index (χ0) is 13.2. The number of carbonyl (C=O) groups excluding carboxylic acids is 1. The normalized spacial score (nSPS) is 10.8. The molecule has 0 unspecified atom stereocenters. The lowest BCUT2D eigenvalue weighted by atomic mass is 10.2. The lowest BCUT2D eigenvalue weighted by Gasteiger charge is -2.05. The van der Waals surface area contributed by atoms with Crippen molar-refractivity contribution in [2.24, 2.45) is 0 Å². The number of pyridine rings is 1. The fraction of sp³-hybridized carbons (Fsp3) is 0.0667. The number of fused-ring (bicyclic) bond motifs is 1. The Morgan fingerprint density at radius 2 is 2.00 bits per heavy atom. The van der Waals surface area contributed by atoms with Gasteiger partial charge in [0.25, 0.3) is 0 Å². The summed E-state index contributed by atoms with van der Waals surface area (Å²) in [6.45, 7) is 0.580. The van der Waals surface area contributed by atoms with Crippen LogP contribution in [0.25, 0.3) is 11.0 Å². The van der Waals surface area contributed by atoms with Gasteiger partial charge in [-0.1, -0.05) is 12.1 Å². The molecule has 2 aromatic heterocycles. The number of benzene rings is 1. The van der Waals surface area contributed by atoms with Crippen molar-refractivity contribution in [2.45, 2.75) is 6.54 Å². The van der Waals surface area contributed by atoms with Crippen molar-refractivity contribution >= 4 is 17.3 Å². The second-order valence-electron chi connectivity index (χ2n) is 4.33. The van der Waals surface area contributed by atoms with Crippen LogP contribution in [0.15, 0.2) is 48.8 Å². The molecule has 0 N–H and O–H groups in total. The summed E-state index contributed by atoms with van der Waals surface area (Å²) in [5, 5.41) is 0. The molecule has 3 nitrogen and oxygen atoms in total. The van der Waals surface area contributed by atoms with Gasteiger partial charge in [0.05, 0.1) is 16.6 Å². The van der Waals surface area contributed by atoms with Gasteiger partial charge in [-0.05, 0) is 29.8 Å². The number of hydrogen-bond donors (Lipinski definition) is 0. The lowest BCUT2D eigenvalue weighted by molar-refractivity contribution is 0.112. The van der Waals surface area contributed by atoms with Crippen LogP contribution in [0.4, 0.5) is 4.39 Å². The quantitative estimate of drug-likeness (QED) is 0.673. The van der Waals surface area contributed by atoms with E-state index < -0.39 is 0 Å². The van der Waals surface area contributed by atoms with Crippen molar-refractivity contribution in [1.82, 2.24) is 9.55 Å². The third kappa shape index (κ3) is 2.12. The number of halogens is 1. The highest BCUT2D eigenvalue weighted by atomic mass is 19.1. The molecular weight excluding hydrogens is 243 g/mol. The Bertz CT molecular complexity index is 731. The number of aldehydes is 1. The highest BCUT2D eigenvalue weighted by Gasteiger charge is 2.08. The molecule has 1 aromatic carbocycles. The maximum absolute atomic E-state index is 12.9. The molecule has 4 heteroatoms. The van der Waals surface area contributed by atoms with Crippen LogP contribution in [0, 0.1) is 5.82 Å². The monoisotopic (exact) mass is 254 g/mol. The van der Waals surface area contributed by atoms with Gasteiger partial charge in [-0.2, -0.15) is 0 Å². The Morgan fingerprint density at radius 3 is 2.74 bits per heavy atom. The molecule has 0 aliphatic heterocycles. The van der Waals surface area contributed by atoms with Crippen LogP contribution in [0.2, 0.25) is 0 Å². The second-order valence-corrected chi connectivity index (χ2v) is 4.33. The Balaban J connectivity index is 2.05. The number of carbonyl (C=O) groups is 1. The maximum Gasteiger partial charge on any atom is 0.153 e. The van der Waals surface area contributed by atoms with Gasteiger partial charge in [0.1, 0.15) is 5.82 Å². The van der Waals surface area contributed by atoms with E-state index in [-0.39, 0.29) is 5.82 Å². The van der Waals surface area contributed by atoms with Crippen LogP contribution in [0.3, 0.4) is 0 Å². The van der Waals surface area contributed by atoms with Crippen LogP contribution < -0.4 is 0 Å². The molecule has 19 heavy (non-hydrogen) atoms. The van der Waals surface area contributed by atoms with Crippen LogP contribution in [-0.2, 0) is 6.54 Å². The van der Waals surface area contributed by atoms with Crippen LogP contribution in [0.1, 0.15) is 15.9 Å². The minimum absolute atomic E-state index is 0.253. The standard InChI is InChI=1S/C15H11FN2O/c16-13-5-3-11(4-6-13)8-18-9-12(10-19)15-14(18)2-1-7-17-15/h1-7,9-10H,8H2. The van der Waals surface area contributed by atoms with E-state index in [9.17, 15) is 9.18 Å². The molecule has 0 aliphatic rings. The average molecular weight is 254 g/mol. The van der Waals surface area contributed by atoms with Gasteiger partial charge in [-0.25, -0.2) is 4.39 Å². The maximum atomic E-state index is 12.9. The van der Waals surface area contributed by atoms with Crippen LogP contribution in [0.5, 0.6) is 0 Å². The molecular formula is C15H11FN2O. The summed E-state index contributed by atoms with van der Waals surface area (Å²) in [6, 6.07) is 10.1. The summed E-state index contributed by atoms with van der Waals surface area (Å²) >= 11 is 0. The van der Waals surface area contributed by atoms with Gasteiger partial charge in [0.15, 0.2) is 6.29 Å². The largest absolute Gasteiger partial charge is 0.341 e. The predicted octanol–water partition coefficient (Wildman–Crippen LogP) is 3.04. The van der Waals surface area contributed by atoms with Gasteiger partial charge >= 0.3 is 0 Å². The number of hydrogen-bond acceptors (Lipinski definition) is 2. The summed E-state index contributed by atoms with van der Waals surface area (Å²) in [5.74, 6) is -0.253. The second kappa shape index (κ2) is 4.65. The molecule has 0 atom stereocenters. The topological polar surface area (TPSA) is 34.9 Å². The minimum Gasteiger partial charge on any atom is -0.341 e. The van der Waals surface area contributed by atoms with E-state index in [0.29, 0.717) is 17.6 Å². The number of rotatable bonds is 3. The summed E-state index contributed by atoms with van der Waals surface area (Å²) < 4.78 is 14.8. The van der Waals surface area contributed by atoms with Gasteiger partial charge < -0.3 is 4.57 Å². The first kappa shape index (κ1) is 11.6. The van der Waals surface area contributed by atoms with Gasteiger partial charge in [-0.3, -0.25) is 9.78 Å². The molecule has 0 aliphatic carbocycles. The van der Waals surface area contributed by atoms with Crippen molar-refractivity contribution in [1.29, 1.82) is 0 Å². The molecule has 2 heterocycles. The van der Waals surface area contributed by atoms with E-state index in [0.717, 1.165) is 17.4 Å². The van der Waals surface area contributed by atoms with E-state index in [1.165, 1.54) is 12.1 Å². The average Bonchev–Trinajstić information content (AvgIpc) is 2.80. The Kier molecular flexibility index (Phi) is 2.83. The number of aromatic nitrogens is 2. The number of nitrogens with zero attached hydrogens (tertiary/aromatic N) is 2. The molecule has 0 bridgehead atoms. The van der Waals surface area contributed by atoms with E-state index in [1.54, 1.807) is 24.5 Å². The Hall–Kier alpha value is -2.49. The molecule has 0 amide bonds. The predicted molar refractivity (Wildman–Crippen MR) is 70.6 cm³/mol. The van der Waals surface area contributed by atoms with Crippen molar-refractivity contribution in [2.75, 3.05) is 0 Å². The molecule has 94 valence electrons. The van der Waals surface area contributed by atoms with Crippen molar-refractivity contribution in [3.63, 3.8) is 0 Å². The first-order valence-corrected chi connectivity index (χ1v) is 5.91.